The highest BCUT2D eigenvalue weighted by atomic mass is 16.5. The first-order valence-electron chi connectivity index (χ1n) is 3.37. The third-order valence-electron chi connectivity index (χ3n) is 0.966. The molecule has 0 aromatic carbocycles. The summed E-state index contributed by atoms with van der Waals surface area (Å²) in [6.07, 6.45) is 1.08. The van der Waals surface area contributed by atoms with Crippen molar-refractivity contribution in [3.8, 4) is 0 Å². The number of nitrogens with two attached hydrogens (primary N) is 2. The van der Waals surface area contributed by atoms with Crippen molar-refractivity contribution in [1.82, 2.24) is 0 Å². The molecule has 0 unspecified atom stereocenters. The van der Waals surface area contributed by atoms with E-state index in [1.807, 2.05) is 0 Å². The Morgan fingerprint density at radius 1 is 1.30 bits per heavy atom. The number of hydrogen-bond acceptors (Lipinski definition) is 4. The molecule has 0 saturated carbocycles. The number of rotatable bonds is 5. The van der Waals surface area contributed by atoms with Crippen LogP contribution in [-0.2, 0) is 9.53 Å². The first kappa shape index (κ1) is 9.39. The lowest BCUT2D eigenvalue weighted by Gasteiger charge is -2.00. The lowest BCUT2D eigenvalue weighted by Crippen LogP contribution is -2.14. The summed E-state index contributed by atoms with van der Waals surface area (Å²) >= 11 is 0. The molecule has 0 aliphatic rings. The zero-order chi connectivity index (χ0) is 7.82. The molecule has 0 amide bonds. The van der Waals surface area contributed by atoms with Gasteiger partial charge in [-0.05, 0) is 13.0 Å². The van der Waals surface area contributed by atoms with E-state index in [4.69, 9.17) is 11.5 Å². The summed E-state index contributed by atoms with van der Waals surface area (Å²) in [5.41, 5.74) is 10.3. The summed E-state index contributed by atoms with van der Waals surface area (Å²) in [5, 5.41) is 0. The second kappa shape index (κ2) is 6.51. The van der Waals surface area contributed by atoms with Gasteiger partial charge in [-0.25, -0.2) is 0 Å². The Kier molecular flexibility index (Phi) is 6.11. The van der Waals surface area contributed by atoms with Crippen LogP contribution in [0.2, 0.25) is 0 Å². The van der Waals surface area contributed by atoms with Crippen LogP contribution in [0.1, 0.15) is 12.8 Å². The van der Waals surface area contributed by atoms with Crippen LogP contribution in [0.25, 0.3) is 0 Å². The van der Waals surface area contributed by atoms with E-state index in [0.717, 1.165) is 0 Å². The molecule has 0 atom stereocenters. The van der Waals surface area contributed by atoms with Crippen molar-refractivity contribution >= 4 is 5.97 Å². The van der Waals surface area contributed by atoms with Crippen molar-refractivity contribution in [3.63, 3.8) is 0 Å². The predicted molar refractivity (Wildman–Crippen MR) is 38.3 cm³/mol. The maximum absolute atomic E-state index is 10.6. The van der Waals surface area contributed by atoms with Crippen LogP contribution in [0.15, 0.2) is 0 Å². The molecule has 0 heterocycles. The van der Waals surface area contributed by atoms with Crippen LogP contribution in [0.5, 0.6) is 0 Å². The minimum Gasteiger partial charge on any atom is -0.464 e. The Hall–Kier alpha value is -0.610. The highest BCUT2D eigenvalue weighted by Crippen LogP contribution is 1.89. The van der Waals surface area contributed by atoms with Gasteiger partial charge in [0.2, 0.25) is 0 Å². The molecule has 0 radical (unpaired) electrons. The van der Waals surface area contributed by atoms with E-state index in [1.165, 1.54) is 0 Å². The topological polar surface area (TPSA) is 78.3 Å². The molecule has 10 heavy (non-hydrogen) atoms. The molecule has 0 rings (SSSR count). The normalized spacial score (nSPS) is 9.40. The molecule has 0 bridgehead atoms. The summed E-state index contributed by atoms with van der Waals surface area (Å²) in [7, 11) is 0. The van der Waals surface area contributed by atoms with Crippen LogP contribution in [0.4, 0.5) is 0 Å². The number of carbonyl (C=O) groups is 1. The van der Waals surface area contributed by atoms with E-state index >= 15 is 0 Å². The third kappa shape index (κ3) is 5.53. The van der Waals surface area contributed by atoms with Crippen molar-refractivity contribution in [2.75, 3.05) is 19.7 Å². The minimum absolute atomic E-state index is 0.212. The Bertz CT molecular complexity index is 85.7. The fourth-order valence-corrected chi connectivity index (χ4v) is 0.491. The fourth-order valence-electron chi connectivity index (χ4n) is 0.491. The van der Waals surface area contributed by atoms with E-state index in [9.17, 15) is 4.79 Å². The fraction of sp³-hybridized carbons (Fsp3) is 0.833. The van der Waals surface area contributed by atoms with Crippen LogP contribution in [0.3, 0.4) is 0 Å². The highest BCUT2D eigenvalue weighted by Gasteiger charge is 1.98. The van der Waals surface area contributed by atoms with Gasteiger partial charge in [0.1, 0.15) is 6.61 Å². The van der Waals surface area contributed by atoms with Crippen molar-refractivity contribution in [1.29, 1.82) is 0 Å². The summed E-state index contributed by atoms with van der Waals surface area (Å²) in [6, 6.07) is 0. The van der Waals surface area contributed by atoms with E-state index in [2.05, 4.69) is 4.74 Å². The predicted octanol–water partition coefficient (Wildman–Crippen LogP) is -0.773. The average molecular weight is 146 g/mol. The quantitative estimate of drug-likeness (QED) is 0.499. The molecule has 4 nitrogen and oxygen atoms in total. The van der Waals surface area contributed by atoms with Gasteiger partial charge in [0.25, 0.3) is 0 Å². The van der Waals surface area contributed by atoms with E-state index < -0.39 is 0 Å². The Labute approximate surface area is 60.5 Å². The first-order valence-corrected chi connectivity index (χ1v) is 3.37. The Morgan fingerprint density at radius 2 is 2.00 bits per heavy atom. The Morgan fingerprint density at radius 3 is 2.50 bits per heavy atom. The smallest absolute Gasteiger partial charge is 0.305 e. The van der Waals surface area contributed by atoms with Gasteiger partial charge in [0, 0.05) is 13.0 Å². The molecule has 0 aliphatic carbocycles. The molecule has 0 aliphatic heterocycles. The Balaban J connectivity index is 3.09. The number of hydrogen-bond donors (Lipinski definition) is 2. The highest BCUT2D eigenvalue weighted by molar-refractivity contribution is 5.69. The second-order valence-electron chi connectivity index (χ2n) is 1.90. The van der Waals surface area contributed by atoms with Crippen molar-refractivity contribution < 1.29 is 9.53 Å². The van der Waals surface area contributed by atoms with Crippen LogP contribution < -0.4 is 11.5 Å². The largest absolute Gasteiger partial charge is 0.464 e. The molecule has 60 valence electrons. The summed E-state index contributed by atoms with van der Waals surface area (Å²) < 4.78 is 4.67. The monoisotopic (exact) mass is 146 g/mol. The molecule has 0 aromatic heterocycles. The molecule has 0 spiro atoms. The van der Waals surface area contributed by atoms with Gasteiger partial charge in [-0.15, -0.1) is 0 Å². The van der Waals surface area contributed by atoms with Crippen LogP contribution in [-0.4, -0.2) is 25.7 Å². The zero-order valence-corrected chi connectivity index (χ0v) is 6.01. The maximum Gasteiger partial charge on any atom is 0.305 e. The maximum atomic E-state index is 10.6. The van der Waals surface area contributed by atoms with E-state index in [1.54, 1.807) is 0 Å². The zero-order valence-electron chi connectivity index (χ0n) is 6.01. The standard InChI is InChI=1S/C6H14N2O2/c7-3-1-2-6(9)10-5-4-8/h1-5,7-8H2. The summed E-state index contributed by atoms with van der Waals surface area (Å²) in [5.74, 6) is -0.212. The van der Waals surface area contributed by atoms with Crippen molar-refractivity contribution in [2.24, 2.45) is 11.5 Å². The van der Waals surface area contributed by atoms with Gasteiger partial charge in [-0.1, -0.05) is 0 Å². The lowest BCUT2D eigenvalue weighted by molar-refractivity contribution is -0.143. The van der Waals surface area contributed by atoms with Crippen molar-refractivity contribution in [2.45, 2.75) is 12.8 Å². The van der Waals surface area contributed by atoms with Crippen LogP contribution >= 0.6 is 0 Å². The molecule has 4 N–H and O–H groups in total. The summed E-state index contributed by atoms with van der Waals surface area (Å²) in [4.78, 5) is 10.6. The van der Waals surface area contributed by atoms with Gasteiger partial charge in [0.05, 0.1) is 0 Å². The van der Waals surface area contributed by atoms with Gasteiger partial charge >= 0.3 is 5.97 Å². The van der Waals surface area contributed by atoms with Crippen LogP contribution in [0, 0.1) is 0 Å². The number of esters is 1. The van der Waals surface area contributed by atoms with E-state index in [-0.39, 0.29) is 5.97 Å². The second-order valence-corrected chi connectivity index (χ2v) is 1.90. The van der Waals surface area contributed by atoms with Gasteiger partial charge in [0.15, 0.2) is 0 Å². The molecule has 0 saturated heterocycles. The molecular weight excluding hydrogens is 132 g/mol. The molecule has 0 aromatic rings. The van der Waals surface area contributed by atoms with Gasteiger partial charge in [-0.2, -0.15) is 0 Å². The van der Waals surface area contributed by atoms with Gasteiger partial charge < -0.3 is 16.2 Å². The first-order chi connectivity index (χ1) is 4.81. The third-order valence-corrected chi connectivity index (χ3v) is 0.966. The molecule has 0 fully saturated rings. The SMILES string of the molecule is NCCCC(=O)OCCN. The number of ether oxygens (including phenoxy) is 1. The lowest BCUT2D eigenvalue weighted by atomic mass is 10.3. The van der Waals surface area contributed by atoms with E-state index in [0.29, 0.717) is 32.5 Å². The minimum atomic E-state index is -0.212. The molecular formula is C6H14N2O2. The van der Waals surface area contributed by atoms with Crippen molar-refractivity contribution in [3.05, 3.63) is 0 Å². The number of carbonyl (C=O) groups excluding carboxylic acids is 1. The average Bonchev–Trinajstić information content (AvgIpc) is 1.97. The summed E-state index contributed by atoms with van der Waals surface area (Å²) in [6.45, 7) is 1.22. The molecule has 4 heteroatoms. The van der Waals surface area contributed by atoms with Gasteiger partial charge in [-0.3, -0.25) is 4.79 Å².